The van der Waals surface area contributed by atoms with Crippen molar-refractivity contribution in [1.82, 2.24) is 10.1 Å². The highest BCUT2D eigenvalue weighted by molar-refractivity contribution is 5.94. The highest BCUT2D eigenvalue weighted by Crippen LogP contribution is 2.32. The van der Waals surface area contributed by atoms with E-state index in [4.69, 9.17) is 19.0 Å². The number of hydrogen-bond acceptors (Lipinski definition) is 7. The van der Waals surface area contributed by atoms with E-state index in [9.17, 15) is 4.79 Å². The molecule has 3 aromatic carbocycles. The van der Waals surface area contributed by atoms with Crippen LogP contribution in [0.2, 0.25) is 0 Å². The molecular weight excluding hydrogens is 516 g/mol. The molecule has 8 heteroatoms. The first-order valence-corrected chi connectivity index (χ1v) is 13.9. The second-order valence-electron chi connectivity index (χ2n) is 11.1. The molecule has 0 fully saturated rings. The Morgan fingerprint density at radius 1 is 0.976 bits per heavy atom. The van der Waals surface area contributed by atoms with E-state index in [2.05, 4.69) is 46.2 Å². The van der Waals surface area contributed by atoms with E-state index in [1.165, 1.54) is 11.1 Å². The second kappa shape index (κ2) is 11.9. The van der Waals surface area contributed by atoms with Crippen LogP contribution in [-0.2, 0) is 11.2 Å². The van der Waals surface area contributed by atoms with Gasteiger partial charge in [-0.1, -0.05) is 67.0 Å². The van der Waals surface area contributed by atoms with Gasteiger partial charge in [0.1, 0.15) is 11.4 Å². The van der Waals surface area contributed by atoms with Crippen molar-refractivity contribution in [2.75, 3.05) is 18.6 Å². The molecule has 1 N–H and O–H groups in total. The maximum absolute atomic E-state index is 11.5. The van der Waals surface area contributed by atoms with Crippen LogP contribution in [0.5, 0.6) is 5.75 Å². The largest absolute Gasteiger partial charge is 0.488 e. The SMILES string of the molecule is CCCC1=C(Cc2ccc(-c3ccccc3-c3noc(=O)[nH]3)cc2)CN(c2ccc(OC(C)(C)C)cc2)C(OC)=N1. The number of anilines is 1. The molecule has 0 unspecified atom stereocenters. The molecule has 2 heterocycles. The number of ether oxygens (including phenoxy) is 2. The number of aromatic amines is 1. The first-order chi connectivity index (χ1) is 19.7. The number of methoxy groups -OCH3 is 1. The number of nitrogens with zero attached hydrogens (tertiary/aromatic N) is 3. The lowest BCUT2D eigenvalue weighted by Gasteiger charge is -2.31. The molecule has 0 radical (unpaired) electrons. The van der Waals surface area contributed by atoms with E-state index in [0.717, 1.165) is 53.1 Å². The van der Waals surface area contributed by atoms with E-state index >= 15 is 0 Å². The van der Waals surface area contributed by atoms with Gasteiger partial charge in [0, 0.05) is 16.9 Å². The molecule has 0 saturated carbocycles. The molecule has 4 aromatic rings. The summed E-state index contributed by atoms with van der Waals surface area (Å²) in [7, 11) is 1.67. The maximum atomic E-state index is 11.5. The van der Waals surface area contributed by atoms with Gasteiger partial charge in [-0.05, 0) is 80.1 Å². The van der Waals surface area contributed by atoms with E-state index in [1.54, 1.807) is 7.11 Å². The third kappa shape index (κ3) is 6.60. The van der Waals surface area contributed by atoms with Crippen molar-refractivity contribution in [3.05, 3.63) is 100 Å². The van der Waals surface area contributed by atoms with Crippen LogP contribution in [0.1, 0.15) is 46.1 Å². The summed E-state index contributed by atoms with van der Waals surface area (Å²) in [6, 6.07) is 25.0. The Kier molecular flexibility index (Phi) is 8.10. The van der Waals surface area contributed by atoms with Crippen LogP contribution >= 0.6 is 0 Å². The van der Waals surface area contributed by atoms with Gasteiger partial charge in [-0.2, -0.15) is 0 Å². The van der Waals surface area contributed by atoms with Gasteiger partial charge in [-0.3, -0.25) is 14.4 Å². The van der Waals surface area contributed by atoms with Crippen molar-refractivity contribution in [3.63, 3.8) is 0 Å². The maximum Gasteiger partial charge on any atom is 0.439 e. The van der Waals surface area contributed by atoms with Gasteiger partial charge in [0.15, 0.2) is 5.82 Å². The zero-order valence-electron chi connectivity index (χ0n) is 24.2. The molecule has 8 nitrogen and oxygen atoms in total. The Morgan fingerprint density at radius 3 is 2.29 bits per heavy atom. The number of H-pyrrole nitrogens is 1. The molecule has 41 heavy (non-hydrogen) atoms. The Bertz CT molecular complexity index is 1610. The van der Waals surface area contributed by atoms with Crippen molar-refractivity contribution >= 4 is 11.7 Å². The van der Waals surface area contributed by atoms with Gasteiger partial charge >= 0.3 is 5.76 Å². The molecule has 0 spiro atoms. The van der Waals surface area contributed by atoms with Crippen molar-refractivity contribution < 1.29 is 14.0 Å². The minimum Gasteiger partial charge on any atom is -0.488 e. The third-order valence-corrected chi connectivity index (χ3v) is 6.77. The summed E-state index contributed by atoms with van der Waals surface area (Å²) in [5.41, 5.74) is 7.07. The zero-order chi connectivity index (χ0) is 29.0. The molecule has 1 aliphatic heterocycles. The van der Waals surface area contributed by atoms with Crippen molar-refractivity contribution in [3.8, 4) is 28.3 Å². The molecule has 0 atom stereocenters. The number of benzene rings is 3. The summed E-state index contributed by atoms with van der Waals surface area (Å²) in [5.74, 6) is 0.667. The molecule has 0 bridgehead atoms. The number of aromatic nitrogens is 2. The van der Waals surface area contributed by atoms with Crippen LogP contribution in [0.3, 0.4) is 0 Å². The van der Waals surface area contributed by atoms with E-state index < -0.39 is 5.76 Å². The normalized spacial score (nSPS) is 13.8. The lowest BCUT2D eigenvalue weighted by atomic mass is 9.95. The number of rotatable bonds is 8. The fourth-order valence-corrected chi connectivity index (χ4v) is 4.97. The van der Waals surface area contributed by atoms with E-state index in [0.29, 0.717) is 18.4 Å². The zero-order valence-corrected chi connectivity index (χ0v) is 24.2. The van der Waals surface area contributed by atoms with Gasteiger partial charge in [0.05, 0.1) is 13.7 Å². The summed E-state index contributed by atoms with van der Waals surface area (Å²) in [4.78, 5) is 21.2. The molecule has 1 aliphatic rings. The van der Waals surface area contributed by atoms with Crippen molar-refractivity contribution in [2.45, 2.75) is 52.6 Å². The number of amidine groups is 1. The van der Waals surface area contributed by atoms with Crippen LogP contribution in [0.4, 0.5) is 5.69 Å². The highest BCUT2D eigenvalue weighted by atomic mass is 16.5. The summed E-state index contributed by atoms with van der Waals surface area (Å²) in [5, 5.41) is 3.87. The summed E-state index contributed by atoms with van der Waals surface area (Å²) < 4.78 is 16.5. The average molecular weight is 553 g/mol. The summed E-state index contributed by atoms with van der Waals surface area (Å²) in [6.45, 7) is 8.97. The van der Waals surface area contributed by atoms with Gasteiger partial charge < -0.3 is 9.47 Å². The smallest absolute Gasteiger partial charge is 0.439 e. The standard InChI is InChI=1S/C33H36N4O4/c1-6-9-29-24(21-37(31(34-29)39-5)25-16-18-26(19-17-25)40-33(2,3)4)20-22-12-14-23(15-13-22)27-10-7-8-11-28(27)30-35-32(38)41-36-30/h7-8,10-19H,6,9,20-21H2,1-5H3,(H,35,36,38). The predicted octanol–water partition coefficient (Wildman–Crippen LogP) is 6.99. The third-order valence-electron chi connectivity index (χ3n) is 6.77. The van der Waals surface area contributed by atoms with Crippen LogP contribution in [0.15, 0.2) is 98.4 Å². The van der Waals surface area contributed by atoms with Crippen LogP contribution in [-0.4, -0.2) is 35.4 Å². The molecule has 1 aromatic heterocycles. The Labute approximate surface area is 240 Å². The quantitative estimate of drug-likeness (QED) is 0.253. The highest BCUT2D eigenvalue weighted by Gasteiger charge is 2.24. The van der Waals surface area contributed by atoms with E-state index in [-0.39, 0.29) is 5.60 Å². The van der Waals surface area contributed by atoms with Crippen LogP contribution in [0.25, 0.3) is 22.5 Å². The lowest BCUT2D eigenvalue weighted by molar-refractivity contribution is 0.131. The van der Waals surface area contributed by atoms with Crippen molar-refractivity contribution in [1.29, 1.82) is 0 Å². The molecule has 5 rings (SSSR count). The van der Waals surface area contributed by atoms with E-state index in [1.807, 2.05) is 69.3 Å². The second-order valence-corrected chi connectivity index (χ2v) is 11.1. The van der Waals surface area contributed by atoms with Gasteiger partial charge in [0.25, 0.3) is 6.02 Å². The number of allylic oxidation sites excluding steroid dienone is 1. The monoisotopic (exact) mass is 552 g/mol. The van der Waals surface area contributed by atoms with Gasteiger partial charge in [-0.15, -0.1) is 0 Å². The number of aliphatic imine (C=N–C) groups is 1. The van der Waals surface area contributed by atoms with Crippen LogP contribution < -0.4 is 15.4 Å². The topological polar surface area (TPSA) is 93.0 Å². The summed E-state index contributed by atoms with van der Waals surface area (Å²) in [6.07, 6.45) is 2.66. The number of nitrogens with one attached hydrogen (secondary N) is 1. The van der Waals surface area contributed by atoms with Gasteiger partial charge in [0.2, 0.25) is 0 Å². The first kappa shape index (κ1) is 28.0. The predicted molar refractivity (Wildman–Crippen MR) is 162 cm³/mol. The van der Waals surface area contributed by atoms with Gasteiger partial charge in [-0.25, -0.2) is 9.79 Å². The average Bonchev–Trinajstić information content (AvgIpc) is 3.40. The fourth-order valence-electron chi connectivity index (χ4n) is 4.97. The molecule has 212 valence electrons. The Morgan fingerprint density at radius 2 is 1.68 bits per heavy atom. The minimum absolute atomic E-state index is 0.261. The fraction of sp³-hybridized carbons (Fsp3) is 0.303. The minimum atomic E-state index is -0.573. The first-order valence-electron chi connectivity index (χ1n) is 13.9. The molecule has 0 saturated heterocycles. The number of hydrogen-bond donors (Lipinski definition) is 1. The molecular formula is C33H36N4O4. The van der Waals surface area contributed by atoms with Crippen molar-refractivity contribution in [2.24, 2.45) is 4.99 Å². The molecule has 0 aliphatic carbocycles. The summed E-state index contributed by atoms with van der Waals surface area (Å²) >= 11 is 0. The Hall–Kier alpha value is -4.59. The van der Waals surface area contributed by atoms with Crippen LogP contribution in [0, 0.1) is 0 Å². The lowest BCUT2D eigenvalue weighted by Crippen LogP contribution is -2.37. The molecule has 0 amide bonds. The Balaban J connectivity index is 1.40.